The number of halogens is 1. The molecule has 2 aromatic heterocycles. The lowest BCUT2D eigenvalue weighted by atomic mass is 10.1. The SMILES string of the molecule is CCCc1nnsc1C(N)c1c(Br)nnn1C. The van der Waals surface area contributed by atoms with Crippen LogP contribution in [0.4, 0.5) is 0 Å². The predicted molar refractivity (Wildman–Crippen MR) is 68.6 cm³/mol. The second-order valence-electron chi connectivity index (χ2n) is 3.70. The summed E-state index contributed by atoms with van der Waals surface area (Å²) in [5.41, 5.74) is 8.05. The molecule has 0 saturated carbocycles. The molecular formula is C9H13BrN6S. The second-order valence-corrected chi connectivity index (χ2v) is 5.24. The molecule has 0 radical (unpaired) electrons. The van der Waals surface area contributed by atoms with Gasteiger partial charge in [0.2, 0.25) is 0 Å². The number of rotatable bonds is 4. The molecule has 2 N–H and O–H groups in total. The lowest BCUT2D eigenvalue weighted by molar-refractivity contribution is 0.650. The molecule has 0 aliphatic heterocycles. The van der Waals surface area contributed by atoms with Gasteiger partial charge in [-0.05, 0) is 33.9 Å². The van der Waals surface area contributed by atoms with Gasteiger partial charge < -0.3 is 5.73 Å². The van der Waals surface area contributed by atoms with E-state index in [4.69, 9.17) is 5.73 Å². The Morgan fingerprint density at radius 3 is 2.82 bits per heavy atom. The fourth-order valence-electron chi connectivity index (χ4n) is 1.65. The van der Waals surface area contributed by atoms with E-state index >= 15 is 0 Å². The van der Waals surface area contributed by atoms with Gasteiger partial charge in [-0.3, -0.25) is 0 Å². The van der Waals surface area contributed by atoms with Crippen LogP contribution < -0.4 is 5.73 Å². The minimum Gasteiger partial charge on any atom is -0.318 e. The maximum atomic E-state index is 6.24. The monoisotopic (exact) mass is 316 g/mol. The van der Waals surface area contributed by atoms with E-state index in [1.165, 1.54) is 11.5 Å². The number of aryl methyl sites for hydroxylation is 2. The normalized spacial score (nSPS) is 12.9. The number of nitrogens with two attached hydrogens (primary N) is 1. The molecule has 6 nitrogen and oxygen atoms in total. The van der Waals surface area contributed by atoms with Gasteiger partial charge in [0, 0.05) is 7.05 Å². The Labute approximate surface area is 112 Å². The van der Waals surface area contributed by atoms with E-state index in [2.05, 4.69) is 42.8 Å². The largest absolute Gasteiger partial charge is 0.318 e. The van der Waals surface area contributed by atoms with E-state index in [0.29, 0.717) is 4.60 Å². The molecule has 92 valence electrons. The minimum atomic E-state index is -0.286. The lowest BCUT2D eigenvalue weighted by Gasteiger charge is -2.10. The van der Waals surface area contributed by atoms with Crippen LogP contribution in [0.25, 0.3) is 0 Å². The molecule has 0 fully saturated rings. The van der Waals surface area contributed by atoms with Crippen molar-refractivity contribution in [3.63, 3.8) is 0 Å². The van der Waals surface area contributed by atoms with Gasteiger partial charge >= 0.3 is 0 Å². The smallest absolute Gasteiger partial charge is 0.153 e. The maximum Gasteiger partial charge on any atom is 0.153 e. The van der Waals surface area contributed by atoms with Gasteiger partial charge in [-0.1, -0.05) is 23.0 Å². The van der Waals surface area contributed by atoms with Gasteiger partial charge in [0.15, 0.2) is 4.60 Å². The summed E-state index contributed by atoms with van der Waals surface area (Å²) in [6.07, 6.45) is 1.92. The first-order valence-corrected chi connectivity index (χ1v) is 6.83. The Kier molecular flexibility index (Phi) is 3.85. The second kappa shape index (κ2) is 5.19. The lowest BCUT2D eigenvalue weighted by Crippen LogP contribution is -2.17. The van der Waals surface area contributed by atoms with Crippen molar-refractivity contribution in [2.24, 2.45) is 12.8 Å². The third-order valence-electron chi connectivity index (χ3n) is 2.48. The molecule has 0 aliphatic carbocycles. The van der Waals surface area contributed by atoms with Crippen molar-refractivity contribution in [1.29, 1.82) is 0 Å². The number of hydrogen-bond acceptors (Lipinski definition) is 6. The molecule has 0 bridgehead atoms. The van der Waals surface area contributed by atoms with E-state index < -0.39 is 0 Å². The maximum absolute atomic E-state index is 6.24. The first-order valence-electron chi connectivity index (χ1n) is 5.27. The highest BCUT2D eigenvalue weighted by atomic mass is 79.9. The van der Waals surface area contributed by atoms with Crippen LogP contribution in [-0.4, -0.2) is 24.6 Å². The number of aromatic nitrogens is 5. The van der Waals surface area contributed by atoms with Crippen molar-refractivity contribution in [3.05, 3.63) is 20.9 Å². The molecule has 2 rings (SSSR count). The summed E-state index contributed by atoms with van der Waals surface area (Å²) in [4.78, 5) is 0.984. The van der Waals surface area contributed by atoms with Crippen molar-refractivity contribution < 1.29 is 0 Å². The summed E-state index contributed by atoms with van der Waals surface area (Å²) in [5.74, 6) is 0. The van der Waals surface area contributed by atoms with E-state index in [0.717, 1.165) is 29.1 Å². The third-order valence-corrected chi connectivity index (χ3v) is 3.89. The van der Waals surface area contributed by atoms with Crippen LogP contribution in [-0.2, 0) is 13.5 Å². The van der Waals surface area contributed by atoms with Crippen molar-refractivity contribution in [3.8, 4) is 0 Å². The fourth-order valence-corrected chi connectivity index (χ4v) is 2.93. The summed E-state index contributed by atoms with van der Waals surface area (Å²) in [7, 11) is 1.82. The Balaban J connectivity index is 2.37. The van der Waals surface area contributed by atoms with Crippen LogP contribution in [0.1, 0.15) is 35.7 Å². The molecule has 2 heterocycles. The van der Waals surface area contributed by atoms with E-state index in [9.17, 15) is 0 Å². The highest BCUT2D eigenvalue weighted by Crippen LogP contribution is 2.28. The van der Waals surface area contributed by atoms with Crippen LogP contribution in [0.5, 0.6) is 0 Å². The Hall–Kier alpha value is -0.860. The summed E-state index contributed by atoms with van der Waals surface area (Å²) < 4.78 is 6.32. The van der Waals surface area contributed by atoms with Gasteiger partial charge in [-0.25, -0.2) is 4.68 Å². The first-order chi connectivity index (χ1) is 8.15. The average Bonchev–Trinajstić information content (AvgIpc) is 2.86. The van der Waals surface area contributed by atoms with E-state index in [-0.39, 0.29) is 6.04 Å². The molecular weight excluding hydrogens is 304 g/mol. The molecule has 0 aliphatic rings. The quantitative estimate of drug-likeness (QED) is 0.922. The first kappa shape index (κ1) is 12.6. The average molecular weight is 317 g/mol. The molecule has 0 spiro atoms. The van der Waals surface area contributed by atoms with Crippen molar-refractivity contribution in [1.82, 2.24) is 24.6 Å². The molecule has 0 aromatic carbocycles. The van der Waals surface area contributed by atoms with Crippen LogP contribution in [0.2, 0.25) is 0 Å². The zero-order valence-corrected chi connectivity index (χ0v) is 12.0. The van der Waals surface area contributed by atoms with Crippen molar-refractivity contribution in [2.45, 2.75) is 25.8 Å². The summed E-state index contributed by atoms with van der Waals surface area (Å²) in [5, 5.41) is 12.0. The number of hydrogen-bond donors (Lipinski definition) is 1. The van der Waals surface area contributed by atoms with Gasteiger partial charge in [0.1, 0.15) is 0 Å². The molecule has 1 atom stereocenters. The summed E-state index contributed by atoms with van der Waals surface area (Å²) >= 11 is 4.69. The molecule has 2 aromatic rings. The molecule has 8 heteroatoms. The van der Waals surface area contributed by atoms with E-state index in [1.807, 2.05) is 7.05 Å². The Bertz CT molecular complexity index is 488. The predicted octanol–water partition coefficient (Wildman–Crippen LogP) is 1.43. The standard InChI is InChI=1S/C9H13BrN6S/c1-3-4-5-8(17-15-12-5)6(11)7-9(10)13-14-16(7)2/h6H,3-4,11H2,1-2H3. The van der Waals surface area contributed by atoms with Gasteiger partial charge in [0.25, 0.3) is 0 Å². The molecule has 0 amide bonds. The highest BCUT2D eigenvalue weighted by Gasteiger charge is 2.23. The zero-order chi connectivity index (χ0) is 12.4. The Morgan fingerprint density at radius 2 is 2.24 bits per heavy atom. The zero-order valence-electron chi connectivity index (χ0n) is 9.59. The van der Waals surface area contributed by atoms with E-state index in [1.54, 1.807) is 4.68 Å². The van der Waals surface area contributed by atoms with Gasteiger partial charge in [0.05, 0.1) is 22.3 Å². The van der Waals surface area contributed by atoms with Gasteiger partial charge in [-0.15, -0.1) is 10.2 Å². The fraction of sp³-hybridized carbons (Fsp3) is 0.556. The topological polar surface area (TPSA) is 82.5 Å². The van der Waals surface area contributed by atoms with Crippen LogP contribution >= 0.6 is 27.5 Å². The molecule has 17 heavy (non-hydrogen) atoms. The summed E-state index contributed by atoms with van der Waals surface area (Å²) in [6, 6.07) is -0.286. The van der Waals surface area contributed by atoms with Crippen LogP contribution in [0, 0.1) is 0 Å². The molecule has 1 unspecified atom stereocenters. The minimum absolute atomic E-state index is 0.286. The highest BCUT2D eigenvalue weighted by molar-refractivity contribution is 9.10. The van der Waals surface area contributed by atoms with Crippen molar-refractivity contribution >= 4 is 27.5 Å². The van der Waals surface area contributed by atoms with Crippen molar-refractivity contribution in [2.75, 3.05) is 0 Å². The third kappa shape index (κ3) is 2.38. The summed E-state index contributed by atoms with van der Waals surface area (Å²) in [6.45, 7) is 2.11. The van der Waals surface area contributed by atoms with Crippen LogP contribution in [0.3, 0.4) is 0 Å². The Morgan fingerprint density at radius 1 is 1.47 bits per heavy atom. The van der Waals surface area contributed by atoms with Gasteiger partial charge in [-0.2, -0.15) is 0 Å². The van der Waals surface area contributed by atoms with Crippen LogP contribution in [0.15, 0.2) is 4.60 Å². The molecule has 0 saturated heterocycles. The number of nitrogens with zero attached hydrogens (tertiary/aromatic N) is 5.